The van der Waals surface area contributed by atoms with Crippen molar-refractivity contribution in [3.8, 4) is 0 Å². The minimum atomic E-state index is 0.862. The van der Waals surface area contributed by atoms with Crippen LogP contribution in [0, 0.1) is 13.8 Å². The van der Waals surface area contributed by atoms with Crippen molar-refractivity contribution in [1.29, 1.82) is 0 Å². The second-order valence-electron chi connectivity index (χ2n) is 2.76. The molecule has 0 N–H and O–H groups in total. The third-order valence-corrected chi connectivity index (χ3v) is 1.88. The summed E-state index contributed by atoms with van der Waals surface area (Å²) in [6.45, 7) is 7.91. The minimum absolute atomic E-state index is 0.862. The molecule has 0 atom stereocenters. The van der Waals surface area contributed by atoms with Crippen molar-refractivity contribution >= 4 is 11.0 Å². The number of rotatable bonds is 0. The summed E-state index contributed by atoms with van der Waals surface area (Å²) in [5.74, 6) is 0. The van der Waals surface area contributed by atoms with Crippen LogP contribution in [0.1, 0.15) is 25.2 Å². The van der Waals surface area contributed by atoms with Crippen LogP contribution >= 0.6 is 0 Å². The normalized spacial score (nSPS) is 9.43. The van der Waals surface area contributed by atoms with Gasteiger partial charge in [-0.15, -0.1) is 0 Å². The van der Waals surface area contributed by atoms with Gasteiger partial charge in [0.25, 0.3) is 0 Å². The number of aryl methyl sites for hydroxylation is 2. The molecule has 0 amide bonds. The summed E-state index contributed by atoms with van der Waals surface area (Å²) in [5.41, 5.74) is 3.72. The van der Waals surface area contributed by atoms with E-state index in [4.69, 9.17) is 0 Å². The van der Waals surface area contributed by atoms with Crippen molar-refractivity contribution in [2.45, 2.75) is 27.7 Å². The van der Waals surface area contributed by atoms with Crippen molar-refractivity contribution in [3.05, 3.63) is 29.8 Å². The lowest BCUT2D eigenvalue weighted by atomic mass is 10.3. The summed E-state index contributed by atoms with van der Waals surface area (Å²) < 4.78 is 0. The molecule has 0 saturated carbocycles. The number of hydrogen-bond donors (Lipinski definition) is 0. The van der Waals surface area contributed by atoms with Gasteiger partial charge >= 0.3 is 0 Å². The van der Waals surface area contributed by atoms with Gasteiger partial charge in [0.2, 0.25) is 0 Å². The molecule has 0 aromatic carbocycles. The highest BCUT2D eigenvalue weighted by Gasteiger charge is 1.99. The Morgan fingerprint density at radius 3 is 2.14 bits per heavy atom. The third kappa shape index (κ3) is 2.05. The monoisotopic (exact) mass is 189 g/mol. The lowest BCUT2D eigenvalue weighted by Gasteiger charge is -1.99. The zero-order valence-corrected chi connectivity index (χ0v) is 9.07. The van der Waals surface area contributed by atoms with Crippen LogP contribution < -0.4 is 0 Å². The molecule has 74 valence electrons. The van der Waals surface area contributed by atoms with E-state index in [0.717, 1.165) is 22.4 Å². The van der Waals surface area contributed by atoms with Crippen LogP contribution in [0.25, 0.3) is 11.0 Å². The molecule has 2 aromatic rings. The maximum Gasteiger partial charge on any atom is 0.107 e. The van der Waals surface area contributed by atoms with Gasteiger partial charge in [0.05, 0.1) is 23.1 Å². The standard InChI is InChI=1S/C9H9N3.C2H6/c1-6-7(2)12-9-5-10-4-3-8(9)11-6;1-2/h3-5H,1-2H3;1-2H3. The van der Waals surface area contributed by atoms with Gasteiger partial charge in [-0.05, 0) is 19.9 Å². The molecule has 3 nitrogen and oxygen atoms in total. The molecule has 0 aliphatic heterocycles. The predicted octanol–water partition coefficient (Wildman–Crippen LogP) is 2.67. The molecule has 0 unspecified atom stereocenters. The molecule has 0 spiro atoms. The first-order valence-corrected chi connectivity index (χ1v) is 4.82. The largest absolute Gasteiger partial charge is 0.262 e. The van der Waals surface area contributed by atoms with Gasteiger partial charge in [0, 0.05) is 6.20 Å². The molecule has 0 bridgehead atoms. The molecule has 0 saturated heterocycles. The fourth-order valence-corrected chi connectivity index (χ4v) is 1.08. The Hall–Kier alpha value is -1.51. The second-order valence-corrected chi connectivity index (χ2v) is 2.76. The zero-order valence-electron chi connectivity index (χ0n) is 9.07. The Balaban J connectivity index is 0.000000461. The van der Waals surface area contributed by atoms with E-state index in [1.54, 1.807) is 12.4 Å². The average molecular weight is 189 g/mol. The van der Waals surface area contributed by atoms with Crippen molar-refractivity contribution in [2.75, 3.05) is 0 Å². The molecule has 2 rings (SSSR count). The fraction of sp³-hybridized carbons (Fsp3) is 0.364. The quantitative estimate of drug-likeness (QED) is 0.639. The third-order valence-electron chi connectivity index (χ3n) is 1.88. The first kappa shape index (κ1) is 10.6. The van der Waals surface area contributed by atoms with Crippen LogP contribution in [0.15, 0.2) is 18.5 Å². The average Bonchev–Trinajstić information content (AvgIpc) is 2.23. The molecule has 0 fully saturated rings. The first-order chi connectivity index (χ1) is 6.77. The summed E-state index contributed by atoms with van der Waals surface area (Å²) in [7, 11) is 0. The van der Waals surface area contributed by atoms with Crippen LogP contribution in [0.4, 0.5) is 0 Å². The molecule has 2 aromatic heterocycles. The second kappa shape index (κ2) is 4.65. The molecular formula is C11H15N3. The molecule has 14 heavy (non-hydrogen) atoms. The van der Waals surface area contributed by atoms with E-state index in [1.165, 1.54) is 0 Å². The summed E-state index contributed by atoms with van der Waals surface area (Å²) in [4.78, 5) is 12.7. The van der Waals surface area contributed by atoms with Gasteiger partial charge in [-0.1, -0.05) is 13.8 Å². The van der Waals surface area contributed by atoms with Gasteiger partial charge in [-0.2, -0.15) is 0 Å². The molecule has 2 heterocycles. The van der Waals surface area contributed by atoms with E-state index in [2.05, 4.69) is 15.0 Å². The Bertz CT molecular complexity index is 383. The number of aromatic nitrogens is 3. The number of nitrogens with zero attached hydrogens (tertiary/aromatic N) is 3. The van der Waals surface area contributed by atoms with Crippen LogP contribution in [0.3, 0.4) is 0 Å². The first-order valence-electron chi connectivity index (χ1n) is 4.82. The van der Waals surface area contributed by atoms with Crippen molar-refractivity contribution in [2.24, 2.45) is 0 Å². The molecule has 0 aliphatic carbocycles. The molecule has 0 aliphatic rings. The smallest absolute Gasteiger partial charge is 0.107 e. The van der Waals surface area contributed by atoms with Gasteiger partial charge in [0.15, 0.2) is 0 Å². The summed E-state index contributed by atoms with van der Waals surface area (Å²) in [6, 6.07) is 1.87. The van der Waals surface area contributed by atoms with Crippen LogP contribution in [0.5, 0.6) is 0 Å². The van der Waals surface area contributed by atoms with Gasteiger partial charge in [0.1, 0.15) is 5.52 Å². The van der Waals surface area contributed by atoms with Crippen LogP contribution in [0.2, 0.25) is 0 Å². The minimum Gasteiger partial charge on any atom is -0.262 e. The topological polar surface area (TPSA) is 38.7 Å². The van der Waals surface area contributed by atoms with Crippen molar-refractivity contribution in [1.82, 2.24) is 15.0 Å². The van der Waals surface area contributed by atoms with E-state index >= 15 is 0 Å². The zero-order chi connectivity index (χ0) is 10.6. The van der Waals surface area contributed by atoms with E-state index in [9.17, 15) is 0 Å². The summed E-state index contributed by atoms with van der Waals surface area (Å²) in [5, 5.41) is 0. The summed E-state index contributed by atoms with van der Waals surface area (Å²) >= 11 is 0. The van der Waals surface area contributed by atoms with Crippen molar-refractivity contribution < 1.29 is 0 Å². The van der Waals surface area contributed by atoms with E-state index in [1.807, 2.05) is 33.8 Å². The van der Waals surface area contributed by atoms with Gasteiger partial charge < -0.3 is 0 Å². The highest BCUT2D eigenvalue weighted by atomic mass is 14.8. The predicted molar refractivity (Wildman–Crippen MR) is 58.2 cm³/mol. The van der Waals surface area contributed by atoms with Gasteiger partial charge in [-0.3, -0.25) is 4.98 Å². The van der Waals surface area contributed by atoms with E-state index in [0.29, 0.717) is 0 Å². The number of hydrogen-bond acceptors (Lipinski definition) is 3. The molecular weight excluding hydrogens is 174 g/mol. The van der Waals surface area contributed by atoms with E-state index in [-0.39, 0.29) is 0 Å². The SMILES string of the molecule is CC.Cc1nc2ccncc2nc1C. The Labute approximate surface area is 84.2 Å². The Morgan fingerprint density at radius 1 is 0.929 bits per heavy atom. The highest BCUT2D eigenvalue weighted by Crippen LogP contribution is 2.09. The molecule has 3 heteroatoms. The lowest BCUT2D eigenvalue weighted by Crippen LogP contribution is -1.93. The molecule has 0 radical (unpaired) electrons. The lowest BCUT2D eigenvalue weighted by molar-refractivity contribution is 1.09. The highest BCUT2D eigenvalue weighted by molar-refractivity contribution is 5.72. The maximum atomic E-state index is 4.37. The Kier molecular flexibility index (Phi) is 3.51. The number of fused-ring (bicyclic) bond motifs is 1. The fourth-order valence-electron chi connectivity index (χ4n) is 1.08. The van der Waals surface area contributed by atoms with Crippen LogP contribution in [-0.4, -0.2) is 15.0 Å². The van der Waals surface area contributed by atoms with Gasteiger partial charge in [-0.25, -0.2) is 9.97 Å². The summed E-state index contributed by atoms with van der Waals surface area (Å²) in [6.07, 6.45) is 3.46. The van der Waals surface area contributed by atoms with Crippen molar-refractivity contribution in [3.63, 3.8) is 0 Å². The van der Waals surface area contributed by atoms with Crippen LogP contribution in [-0.2, 0) is 0 Å². The number of pyridine rings is 1. The van der Waals surface area contributed by atoms with E-state index < -0.39 is 0 Å². The maximum absolute atomic E-state index is 4.37. The Morgan fingerprint density at radius 2 is 1.50 bits per heavy atom.